The van der Waals surface area contributed by atoms with E-state index in [0.717, 1.165) is 22.4 Å². The van der Waals surface area contributed by atoms with Gasteiger partial charge in [-0.1, -0.05) is 13.8 Å². The molecular formula is C12H18O2. The fourth-order valence-corrected chi connectivity index (χ4v) is 1.69. The standard InChI is InChI=1S/C12H18O2/c1-7(2)10-6-8(3)11(13)9(4)12(10)14-5/h6-7,13H,1-5H3. The van der Waals surface area contributed by atoms with E-state index in [9.17, 15) is 5.11 Å². The van der Waals surface area contributed by atoms with Gasteiger partial charge in [0, 0.05) is 5.56 Å². The number of hydrogen-bond acceptors (Lipinski definition) is 2. The molecule has 0 saturated heterocycles. The number of phenolic OH excluding ortho intramolecular Hbond substituents is 1. The average Bonchev–Trinajstić information content (AvgIpc) is 2.13. The topological polar surface area (TPSA) is 29.5 Å². The minimum atomic E-state index is 0.339. The summed E-state index contributed by atoms with van der Waals surface area (Å²) in [4.78, 5) is 0. The van der Waals surface area contributed by atoms with Gasteiger partial charge in [0.2, 0.25) is 0 Å². The highest BCUT2D eigenvalue weighted by molar-refractivity contribution is 5.53. The molecule has 1 rings (SSSR count). The van der Waals surface area contributed by atoms with Gasteiger partial charge in [-0.3, -0.25) is 0 Å². The monoisotopic (exact) mass is 194 g/mol. The molecule has 0 atom stereocenters. The molecule has 2 heteroatoms. The molecule has 0 bridgehead atoms. The molecule has 0 aliphatic rings. The van der Waals surface area contributed by atoms with Crippen LogP contribution in [0.15, 0.2) is 6.07 Å². The molecule has 0 amide bonds. The van der Waals surface area contributed by atoms with E-state index >= 15 is 0 Å². The van der Waals surface area contributed by atoms with E-state index in [1.807, 2.05) is 19.9 Å². The van der Waals surface area contributed by atoms with E-state index in [1.54, 1.807) is 7.11 Å². The summed E-state index contributed by atoms with van der Waals surface area (Å²) in [5, 5.41) is 9.74. The van der Waals surface area contributed by atoms with Gasteiger partial charge in [-0.2, -0.15) is 0 Å². The number of hydrogen-bond donors (Lipinski definition) is 1. The summed E-state index contributed by atoms with van der Waals surface area (Å²) in [6.45, 7) is 8.03. The van der Waals surface area contributed by atoms with Crippen LogP contribution in [0.25, 0.3) is 0 Å². The maximum atomic E-state index is 9.74. The summed E-state index contributed by atoms with van der Waals surface area (Å²) in [6, 6.07) is 1.99. The largest absolute Gasteiger partial charge is 0.507 e. The number of ether oxygens (including phenoxy) is 1. The van der Waals surface area contributed by atoms with E-state index in [-0.39, 0.29) is 0 Å². The van der Waals surface area contributed by atoms with Gasteiger partial charge in [-0.05, 0) is 37.0 Å². The summed E-state index contributed by atoms with van der Waals surface area (Å²) >= 11 is 0. The quantitative estimate of drug-likeness (QED) is 0.783. The third kappa shape index (κ3) is 1.69. The van der Waals surface area contributed by atoms with Gasteiger partial charge in [-0.15, -0.1) is 0 Å². The number of aromatic hydroxyl groups is 1. The molecule has 2 nitrogen and oxygen atoms in total. The summed E-state index contributed by atoms with van der Waals surface area (Å²) in [7, 11) is 1.64. The van der Waals surface area contributed by atoms with Crippen LogP contribution >= 0.6 is 0 Å². The predicted molar refractivity (Wildman–Crippen MR) is 58.2 cm³/mol. The molecule has 1 N–H and O–H groups in total. The van der Waals surface area contributed by atoms with Crippen molar-refractivity contribution >= 4 is 0 Å². The first-order valence-electron chi connectivity index (χ1n) is 4.86. The van der Waals surface area contributed by atoms with Crippen LogP contribution in [0.3, 0.4) is 0 Å². The second kappa shape index (κ2) is 3.91. The van der Waals surface area contributed by atoms with Crippen LogP contribution in [0.1, 0.15) is 36.5 Å². The fraction of sp³-hybridized carbons (Fsp3) is 0.500. The van der Waals surface area contributed by atoms with Crippen LogP contribution in [0, 0.1) is 13.8 Å². The highest BCUT2D eigenvalue weighted by Gasteiger charge is 2.14. The summed E-state index contributed by atoms with van der Waals surface area (Å²) in [5.41, 5.74) is 2.89. The smallest absolute Gasteiger partial charge is 0.128 e. The minimum absolute atomic E-state index is 0.339. The lowest BCUT2D eigenvalue weighted by Gasteiger charge is -2.16. The van der Waals surface area contributed by atoms with Crippen LogP contribution in [0.2, 0.25) is 0 Å². The molecule has 0 aliphatic heterocycles. The lowest BCUT2D eigenvalue weighted by molar-refractivity contribution is 0.395. The van der Waals surface area contributed by atoms with Gasteiger partial charge in [0.05, 0.1) is 7.11 Å². The molecule has 1 aromatic carbocycles. The van der Waals surface area contributed by atoms with E-state index in [4.69, 9.17) is 4.74 Å². The Bertz CT molecular complexity index is 341. The lowest BCUT2D eigenvalue weighted by atomic mass is 9.96. The molecule has 0 aliphatic carbocycles. The van der Waals surface area contributed by atoms with Gasteiger partial charge in [0.1, 0.15) is 11.5 Å². The third-order valence-corrected chi connectivity index (χ3v) is 2.53. The normalized spacial score (nSPS) is 10.7. The van der Waals surface area contributed by atoms with Gasteiger partial charge in [0.15, 0.2) is 0 Å². The van der Waals surface area contributed by atoms with E-state index < -0.39 is 0 Å². The Hall–Kier alpha value is -1.18. The maximum absolute atomic E-state index is 9.74. The Balaban J connectivity index is 3.43. The van der Waals surface area contributed by atoms with Crippen molar-refractivity contribution in [2.24, 2.45) is 0 Å². The zero-order valence-corrected chi connectivity index (χ0v) is 9.51. The van der Waals surface area contributed by atoms with Crippen LogP contribution in [0.5, 0.6) is 11.5 Å². The molecule has 14 heavy (non-hydrogen) atoms. The first kappa shape index (κ1) is 10.9. The summed E-state index contributed by atoms with van der Waals surface area (Å²) in [6.07, 6.45) is 0. The summed E-state index contributed by atoms with van der Waals surface area (Å²) in [5.74, 6) is 1.55. The first-order valence-corrected chi connectivity index (χ1v) is 4.86. The van der Waals surface area contributed by atoms with Crippen molar-refractivity contribution in [1.82, 2.24) is 0 Å². The van der Waals surface area contributed by atoms with Crippen LogP contribution in [0.4, 0.5) is 0 Å². The van der Waals surface area contributed by atoms with E-state index in [1.165, 1.54) is 0 Å². The third-order valence-electron chi connectivity index (χ3n) is 2.53. The fourth-order valence-electron chi connectivity index (χ4n) is 1.69. The Morgan fingerprint density at radius 3 is 2.29 bits per heavy atom. The molecule has 1 aromatic rings. The number of benzene rings is 1. The van der Waals surface area contributed by atoms with Gasteiger partial charge >= 0.3 is 0 Å². The van der Waals surface area contributed by atoms with Crippen LogP contribution < -0.4 is 4.74 Å². The average molecular weight is 194 g/mol. The second-order valence-corrected chi connectivity index (χ2v) is 3.94. The van der Waals surface area contributed by atoms with Crippen LogP contribution in [-0.2, 0) is 0 Å². The van der Waals surface area contributed by atoms with Crippen molar-refractivity contribution in [1.29, 1.82) is 0 Å². The van der Waals surface area contributed by atoms with E-state index in [0.29, 0.717) is 11.7 Å². The highest BCUT2D eigenvalue weighted by Crippen LogP contribution is 2.37. The minimum Gasteiger partial charge on any atom is -0.507 e. The van der Waals surface area contributed by atoms with Crippen molar-refractivity contribution in [3.8, 4) is 11.5 Å². The molecule has 0 saturated carbocycles. The molecular weight excluding hydrogens is 176 g/mol. The Kier molecular flexibility index (Phi) is 3.04. The van der Waals surface area contributed by atoms with Crippen molar-refractivity contribution < 1.29 is 9.84 Å². The highest BCUT2D eigenvalue weighted by atomic mass is 16.5. The summed E-state index contributed by atoms with van der Waals surface area (Å²) < 4.78 is 5.31. The number of aryl methyl sites for hydroxylation is 1. The van der Waals surface area contributed by atoms with E-state index in [2.05, 4.69) is 13.8 Å². The molecule has 0 heterocycles. The maximum Gasteiger partial charge on any atom is 0.128 e. The lowest BCUT2D eigenvalue weighted by Crippen LogP contribution is -1.98. The Morgan fingerprint density at radius 2 is 1.86 bits per heavy atom. The van der Waals surface area contributed by atoms with Gasteiger partial charge in [-0.25, -0.2) is 0 Å². The second-order valence-electron chi connectivity index (χ2n) is 3.94. The zero-order chi connectivity index (χ0) is 10.9. The van der Waals surface area contributed by atoms with Crippen molar-refractivity contribution in [2.45, 2.75) is 33.6 Å². The molecule has 0 unspecified atom stereocenters. The molecule has 0 radical (unpaired) electrons. The van der Waals surface area contributed by atoms with Gasteiger partial charge < -0.3 is 9.84 Å². The van der Waals surface area contributed by atoms with Crippen molar-refractivity contribution in [3.63, 3.8) is 0 Å². The molecule has 0 spiro atoms. The first-order chi connectivity index (χ1) is 6.49. The zero-order valence-electron chi connectivity index (χ0n) is 9.51. The SMILES string of the molecule is COc1c(C(C)C)cc(C)c(O)c1C. The number of rotatable bonds is 2. The van der Waals surface area contributed by atoms with Crippen molar-refractivity contribution in [3.05, 3.63) is 22.8 Å². The Morgan fingerprint density at radius 1 is 1.29 bits per heavy atom. The molecule has 0 aromatic heterocycles. The molecule has 78 valence electrons. The predicted octanol–water partition coefficient (Wildman–Crippen LogP) is 3.14. The Labute approximate surface area is 85.5 Å². The molecule has 0 fully saturated rings. The number of methoxy groups -OCH3 is 1. The van der Waals surface area contributed by atoms with Gasteiger partial charge in [0.25, 0.3) is 0 Å². The van der Waals surface area contributed by atoms with Crippen molar-refractivity contribution in [2.75, 3.05) is 7.11 Å². The number of phenols is 1. The van der Waals surface area contributed by atoms with Crippen LogP contribution in [-0.4, -0.2) is 12.2 Å².